The molecule has 2 heterocycles. The minimum atomic E-state index is -0.360. The third kappa shape index (κ3) is 3.56. The average molecular weight is 345 g/mol. The molecular weight excluding hydrogens is 326 g/mol. The Morgan fingerprint density at radius 2 is 2.08 bits per heavy atom. The standard InChI is InChI=1S/C17H19N3O3S/c1-2-23-16(21)14-12-4-3-5-13(12)24-15(14)20-17(22)19-10-11-6-8-18-9-7-11/h6-9H,2-5,10H2,1H3,(H2,19,20,22). The van der Waals surface area contributed by atoms with Gasteiger partial charge in [0.15, 0.2) is 0 Å². The largest absolute Gasteiger partial charge is 0.462 e. The van der Waals surface area contributed by atoms with E-state index in [-0.39, 0.29) is 12.0 Å². The average Bonchev–Trinajstić information content (AvgIpc) is 3.14. The van der Waals surface area contributed by atoms with Gasteiger partial charge < -0.3 is 10.1 Å². The van der Waals surface area contributed by atoms with Crippen LogP contribution in [-0.2, 0) is 24.1 Å². The van der Waals surface area contributed by atoms with Crippen molar-refractivity contribution >= 4 is 28.3 Å². The van der Waals surface area contributed by atoms with Crippen molar-refractivity contribution in [1.82, 2.24) is 10.3 Å². The number of hydrogen-bond acceptors (Lipinski definition) is 5. The number of rotatable bonds is 5. The van der Waals surface area contributed by atoms with Crippen LogP contribution >= 0.6 is 11.3 Å². The summed E-state index contributed by atoms with van der Waals surface area (Å²) < 4.78 is 5.15. The number of aryl methyl sites for hydroxylation is 1. The van der Waals surface area contributed by atoms with Gasteiger partial charge in [-0.3, -0.25) is 10.3 Å². The van der Waals surface area contributed by atoms with Gasteiger partial charge in [-0.15, -0.1) is 11.3 Å². The van der Waals surface area contributed by atoms with Crippen molar-refractivity contribution < 1.29 is 14.3 Å². The normalized spacial score (nSPS) is 12.5. The first kappa shape index (κ1) is 16.4. The minimum Gasteiger partial charge on any atom is -0.462 e. The van der Waals surface area contributed by atoms with E-state index in [2.05, 4.69) is 15.6 Å². The molecule has 2 aromatic heterocycles. The third-order valence-corrected chi connectivity index (χ3v) is 5.04. The quantitative estimate of drug-likeness (QED) is 0.816. The van der Waals surface area contributed by atoms with Crippen molar-refractivity contribution in [3.05, 3.63) is 46.1 Å². The maximum atomic E-state index is 12.3. The zero-order valence-electron chi connectivity index (χ0n) is 13.4. The lowest BCUT2D eigenvalue weighted by Gasteiger charge is -2.09. The molecular formula is C17H19N3O3S. The van der Waals surface area contributed by atoms with E-state index in [1.54, 1.807) is 19.3 Å². The van der Waals surface area contributed by atoms with E-state index < -0.39 is 0 Å². The van der Waals surface area contributed by atoms with Crippen molar-refractivity contribution in [2.75, 3.05) is 11.9 Å². The Balaban J connectivity index is 1.70. The summed E-state index contributed by atoms with van der Waals surface area (Å²) in [5.41, 5.74) is 2.51. The first-order valence-electron chi connectivity index (χ1n) is 7.94. The Bertz CT molecular complexity index is 743. The van der Waals surface area contributed by atoms with E-state index in [9.17, 15) is 9.59 Å². The number of ether oxygens (including phenoxy) is 1. The maximum absolute atomic E-state index is 12.3. The predicted octanol–water partition coefficient (Wildman–Crippen LogP) is 3.13. The van der Waals surface area contributed by atoms with E-state index in [1.807, 2.05) is 12.1 Å². The number of hydrogen-bond donors (Lipinski definition) is 2. The second-order valence-electron chi connectivity index (χ2n) is 5.45. The van der Waals surface area contributed by atoms with Crippen molar-refractivity contribution in [1.29, 1.82) is 0 Å². The van der Waals surface area contributed by atoms with Gasteiger partial charge in [-0.25, -0.2) is 9.59 Å². The maximum Gasteiger partial charge on any atom is 0.341 e. The molecule has 0 spiro atoms. The van der Waals surface area contributed by atoms with Gasteiger partial charge in [-0.2, -0.15) is 0 Å². The number of pyridine rings is 1. The monoisotopic (exact) mass is 345 g/mol. The molecule has 0 bridgehead atoms. The van der Waals surface area contributed by atoms with Crippen LogP contribution in [0.1, 0.15) is 39.7 Å². The number of urea groups is 1. The molecule has 1 aliphatic rings. The van der Waals surface area contributed by atoms with E-state index in [0.717, 1.165) is 30.4 Å². The molecule has 7 heteroatoms. The van der Waals surface area contributed by atoms with Crippen LogP contribution in [0.4, 0.5) is 9.80 Å². The fourth-order valence-corrected chi connectivity index (χ4v) is 4.01. The lowest BCUT2D eigenvalue weighted by atomic mass is 10.1. The first-order chi connectivity index (χ1) is 11.7. The summed E-state index contributed by atoms with van der Waals surface area (Å²) in [5.74, 6) is -0.360. The SMILES string of the molecule is CCOC(=O)c1c(NC(=O)NCc2ccncc2)sc2c1CCC2. The van der Waals surface area contributed by atoms with Crippen LogP contribution in [0.15, 0.2) is 24.5 Å². The molecule has 2 aromatic rings. The number of nitrogens with one attached hydrogen (secondary N) is 2. The second kappa shape index (κ2) is 7.44. The molecule has 2 N–H and O–H groups in total. The van der Waals surface area contributed by atoms with Crippen LogP contribution in [0.5, 0.6) is 0 Å². The zero-order chi connectivity index (χ0) is 16.9. The van der Waals surface area contributed by atoms with Crippen LogP contribution in [-0.4, -0.2) is 23.6 Å². The highest BCUT2D eigenvalue weighted by molar-refractivity contribution is 7.17. The molecule has 0 saturated carbocycles. The Labute approximate surface area is 144 Å². The molecule has 0 unspecified atom stereocenters. The number of aromatic nitrogens is 1. The molecule has 0 radical (unpaired) electrons. The van der Waals surface area contributed by atoms with Gasteiger partial charge in [-0.05, 0) is 49.4 Å². The first-order valence-corrected chi connectivity index (χ1v) is 8.76. The Hall–Kier alpha value is -2.41. The molecule has 0 aromatic carbocycles. The van der Waals surface area contributed by atoms with Gasteiger partial charge >= 0.3 is 12.0 Å². The van der Waals surface area contributed by atoms with Gasteiger partial charge in [0.2, 0.25) is 0 Å². The van der Waals surface area contributed by atoms with E-state index >= 15 is 0 Å². The Morgan fingerprint density at radius 1 is 1.29 bits per heavy atom. The predicted molar refractivity (Wildman–Crippen MR) is 92.4 cm³/mol. The summed E-state index contributed by atoms with van der Waals surface area (Å²) in [6.45, 7) is 2.49. The summed E-state index contributed by atoms with van der Waals surface area (Å²) in [5, 5.41) is 6.16. The number of fused-ring (bicyclic) bond motifs is 1. The number of esters is 1. The van der Waals surface area contributed by atoms with Crippen molar-refractivity contribution in [2.45, 2.75) is 32.7 Å². The highest BCUT2D eigenvalue weighted by Gasteiger charge is 2.28. The van der Waals surface area contributed by atoms with Crippen LogP contribution in [0.25, 0.3) is 0 Å². The van der Waals surface area contributed by atoms with Gasteiger partial charge in [0, 0.05) is 23.8 Å². The van der Waals surface area contributed by atoms with Gasteiger partial charge in [-0.1, -0.05) is 0 Å². The fraction of sp³-hybridized carbons (Fsp3) is 0.353. The lowest BCUT2D eigenvalue weighted by molar-refractivity contribution is 0.0527. The van der Waals surface area contributed by atoms with Crippen LogP contribution in [0, 0.1) is 0 Å². The van der Waals surface area contributed by atoms with Crippen molar-refractivity contribution in [3.8, 4) is 0 Å². The fourth-order valence-electron chi connectivity index (χ4n) is 2.74. The summed E-state index contributed by atoms with van der Waals surface area (Å²) >= 11 is 1.47. The van der Waals surface area contributed by atoms with Crippen LogP contribution in [0.3, 0.4) is 0 Å². The molecule has 0 saturated heterocycles. The topological polar surface area (TPSA) is 80.3 Å². The summed E-state index contributed by atoms with van der Waals surface area (Å²) in [4.78, 5) is 29.5. The molecule has 0 fully saturated rings. The molecule has 0 aliphatic heterocycles. The summed E-state index contributed by atoms with van der Waals surface area (Å²) in [6, 6.07) is 3.34. The van der Waals surface area contributed by atoms with Crippen molar-refractivity contribution in [3.63, 3.8) is 0 Å². The number of anilines is 1. The van der Waals surface area contributed by atoms with Gasteiger partial charge in [0.25, 0.3) is 0 Å². The number of carbonyl (C=O) groups is 2. The molecule has 126 valence electrons. The zero-order valence-corrected chi connectivity index (χ0v) is 14.2. The Kier molecular flexibility index (Phi) is 5.10. The summed E-state index contributed by atoms with van der Waals surface area (Å²) in [7, 11) is 0. The van der Waals surface area contributed by atoms with Gasteiger partial charge in [0.1, 0.15) is 5.00 Å². The molecule has 2 amide bonds. The molecule has 1 aliphatic carbocycles. The lowest BCUT2D eigenvalue weighted by Crippen LogP contribution is -2.28. The van der Waals surface area contributed by atoms with Crippen molar-refractivity contribution in [2.24, 2.45) is 0 Å². The number of carbonyl (C=O) groups excluding carboxylic acids is 2. The molecule has 6 nitrogen and oxygen atoms in total. The number of amides is 2. The molecule has 0 atom stereocenters. The van der Waals surface area contributed by atoms with Crippen LogP contribution < -0.4 is 10.6 Å². The van der Waals surface area contributed by atoms with Crippen LogP contribution in [0.2, 0.25) is 0 Å². The highest BCUT2D eigenvalue weighted by Crippen LogP contribution is 2.39. The van der Waals surface area contributed by atoms with E-state index in [0.29, 0.717) is 23.7 Å². The molecule has 3 rings (SSSR count). The third-order valence-electron chi connectivity index (χ3n) is 3.83. The summed E-state index contributed by atoms with van der Waals surface area (Å²) in [6.07, 6.45) is 6.21. The second-order valence-corrected chi connectivity index (χ2v) is 6.55. The van der Waals surface area contributed by atoms with E-state index in [1.165, 1.54) is 16.2 Å². The minimum absolute atomic E-state index is 0.317. The highest BCUT2D eigenvalue weighted by atomic mass is 32.1. The van der Waals surface area contributed by atoms with Gasteiger partial charge in [0.05, 0.1) is 12.2 Å². The number of nitrogens with zero attached hydrogens (tertiary/aromatic N) is 1. The Morgan fingerprint density at radius 3 is 2.83 bits per heavy atom. The van der Waals surface area contributed by atoms with E-state index in [4.69, 9.17) is 4.74 Å². The smallest absolute Gasteiger partial charge is 0.341 e. The number of thiophene rings is 1. The molecule has 24 heavy (non-hydrogen) atoms.